The third kappa shape index (κ3) is 2.27. The van der Waals surface area contributed by atoms with E-state index < -0.39 is 0 Å². The topological polar surface area (TPSA) is 6.48 Å². The summed E-state index contributed by atoms with van der Waals surface area (Å²) in [5.41, 5.74) is 1.67. The van der Waals surface area contributed by atoms with Crippen LogP contribution in [0.3, 0.4) is 0 Å². The number of rotatable bonds is 3. The quantitative estimate of drug-likeness (QED) is 0.821. The van der Waals surface area contributed by atoms with E-state index in [4.69, 9.17) is 0 Å². The zero-order valence-corrected chi connectivity index (χ0v) is 14.6. The Morgan fingerprint density at radius 2 is 2.08 bits per heavy atom. The Morgan fingerprint density at radius 1 is 1.21 bits per heavy atom. The summed E-state index contributed by atoms with van der Waals surface area (Å²) in [7, 11) is 0. The molecule has 4 heterocycles. The second-order valence-corrected chi connectivity index (χ2v) is 8.68. The molecule has 126 valence electrons. The maximum Gasteiger partial charge on any atom is 0.123 e. The molecule has 0 bridgehead atoms. The monoisotopic (exact) mass is 342 g/mol. The molecule has 1 aromatic carbocycles. The van der Waals surface area contributed by atoms with Crippen LogP contribution < -0.4 is 0 Å². The predicted molar refractivity (Wildman–Crippen MR) is 95.5 cm³/mol. The minimum Gasteiger partial charge on any atom is -0.296 e. The molecule has 1 spiro atoms. The van der Waals surface area contributed by atoms with Gasteiger partial charge in [-0.15, -0.1) is 11.3 Å². The number of nitrogens with zero attached hydrogens (tertiary/aromatic N) is 2. The number of hydrogen-bond donors (Lipinski definition) is 0. The van der Waals surface area contributed by atoms with Crippen LogP contribution in [0.5, 0.6) is 0 Å². The van der Waals surface area contributed by atoms with E-state index in [1.54, 1.807) is 12.1 Å². The fraction of sp³-hybridized carbons (Fsp3) is 0.500. The van der Waals surface area contributed by atoms with E-state index in [2.05, 4.69) is 27.3 Å². The van der Waals surface area contributed by atoms with Crippen LogP contribution in [0.25, 0.3) is 0 Å². The summed E-state index contributed by atoms with van der Waals surface area (Å²) in [4.78, 5) is 6.90. The summed E-state index contributed by atoms with van der Waals surface area (Å²) in [5, 5.41) is 2.18. The molecule has 2 aromatic rings. The van der Waals surface area contributed by atoms with Crippen molar-refractivity contribution in [3.05, 3.63) is 58.0 Å². The molecule has 4 heteroatoms. The predicted octanol–water partition coefficient (Wildman–Crippen LogP) is 4.30. The summed E-state index contributed by atoms with van der Waals surface area (Å²) >= 11 is 1.87. The number of benzene rings is 1. The van der Waals surface area contributed by atoms with Crippen molar-refractivity contribution in [2.75, 3.05) is 19.6 Å². The largest absolute Gasteiger partial charge is 0.296 e. The van der Waals surface area contributed by atoms with E-state index >= 15 is 0 Å². The second-order valence-electron chi connectivity index (χ2n) is 7.65. The fourth-order valence-electron chi connectivity index (χ4n) is 5.49. The summed E-state index contributed by atoms with van der Waals surface area (Å²) in [6.45, 7) is 4.72. The van der Waals surface area contributed by atoms with Crippen LogP contribution in [0.2, 0.25) is 0 Å². The van der Waals surface area contributed by atoms with E-state index in [0.717, 1.165) is 12.5 Å². The van der Waals surface area contributed by atoms with E-state index in [1.165, 1.54) is 49.3 Å². The van der Waals surface area contributed by atoms with Crippen molar-refractivity contribution in [1.29, 1.82) is 0 Å². The molecule has 3 unspecified atom stereocenters. The fourth-order valence-corrected chi connectivity index (χ4v) is 6.24. The maximum absolute atomic E-state index is 13.3. The first-order valence-electron chi connectivity index (χ1n) is 9.01. The highest BCUT2D eigenvalue weighted by Gasteiger charge is 2.59. The van der Waals surface area contributed by atoms with Crippen LogP contribution >= 0.6 is 11.3 Å². The highest BCUT2D eigenvalue weighted by Crippen LogP contribution is 2.55. The number of hydrogen-bond acceptors (Lipinski definition) is 3. The van der Waals surface area contributed by atoms with Gasteiger partial charge in [-0.3, -0.25) is 9.80 Å². The Bertz CT molecular complexity index is 714. The molecular formula is C20H23FN2S. The molecule has 3 saturated heterocycles. The smallest absolute Gasteiger partial charge is 0.123 e. The van der Waals surface area contributed by atoms with Crippen molar-refractivity contribution in [1.82, 2.24) is 9.80 Å². The number of likely N-dealkylation sites (tertiary alicyclic amines) is 1. The zero-order chi connectivity index (χ0) is 16.1. The highest BCUT2D eigenvalue weighted by molar-refractivity contribution is 7.09. The van der Waals surface area contributed by atoms with E-state index in [-0.39, 0.29) is 5.82 Å². The van der Waals surface area contributed by atoms with Crippen LogP contribution in [0.15, 0.2) is 41.8 Å². The van der Waals surface area contributed by atoms with Crippen molar-refractivity contribution in [2.24, 2.45) is 5.92 Å². The van der Waals surface area contributed by atoms with Gasteiger partial charge in [-0.05, 0) is 60.9 Å². The maximum atomic E-state index is 13.3. The van der Waals surface area contributed by atoms with Gasteiger partial charge < -0.3 is 0 Å². The standard InChI is InChI=1S/C20H23FN2S/c21-17-6-4-15(5-7-17)19-11-16-12-22(13-18-3-1-10-24-18)14-20(16)8-2-9-23(19)20/h1,3-7,10,16,19H,2,8-9,11-14H2. The Kier molecular flexibility index (Phi) is 3.55. The molecule has 0 N–H and O–H groups in total. The second kappa shape index (κ2) is 5.65. The van der Waals surface area contributed by atoms with E-state index in [1.807, 2.05) is 23.5 Å². The van der Waals surface area contributed by atoms with E-state index in [9.17, 15) is 4.39 Å². The van der Waals surface area contributed by atoms with Crippen LogP contribution in [-0.4, -0.2) is 35.0 Å². The molecule has 0 amide bonds. The average molecular weight is 342 g/mol. The van der Waals surface area contributed by atoms with Crippen LogP contribution in [0, 0.1) is 11.7 Å². The van der Waals surface area contributed by atoms with Crippen molar-refractivity contribution in [3.63, 3.8) is 0 Å². The molecule has 0 radical (unpaired) electrons. The van der Waals surface area contributed by atoms with Crippen molar-refractivity contribution in [2.45, 2.75) is 37.4 Å². The van der Waals surface area contributed by atoms with Gasteiger partial charge in [0.2, 0.25) is 0 Å². The molecule has 5 rings (SSSR count). The Morgan fingerprint density at radius 3 is 2.88 bits per heavy atom. The van der Waals surface area contributed by atoms with Crippen molar-refractivity contribution < 1.29 is 4.39 Å². The lowest BCUT2D eigenvalue weighted by atomic mass is 9.86. The van der Waals surface area contributed by atoms with Gasteiger partial charge in [0.15, 0.2) is 0 Å². The van der Waals surface area contributed by atoms with Crippen molar-refractivity contribution >= 4 is 11.3 Å². The molecular weight excluding hydrogens is 319 g/mol. The van der Waals surface area contributed by atoms with Gasteiger partial charge >= 0.3 is 0 Å². The lowest BCUT2D eigenvalue weighted by Crippen LogP contribution is -2.45. The third-order valence-electron chi connectivity index (χ3n) is 6.41. The molecule has 0 saturated carbocycles. The number of thiophene rings is 1. The minimum atomic E-state index is -0.129. The van der Waals surface area contributed by atoms with Crippen LogP contribution in [0.4, 0.5) is 4.39 Å². The molecule has 2 nitrogen and oxygen atoms in total. The van der Waals surface area contributed by atoms with Gasteiger partial charge in [0.05, 0.1) is 0 Å². The third-order valence-corrected chi connectivity index (χ3v) is 7.28. The van der Waals surface area contributed by atoms with Gasteiger partial charge in [-0.25, -0.2) is 4.39 Å². The van der Waals surface area contributed by atoms with Crippen LogP contribution in [-0.2, 0) is 6.54 Å². The first-order chi connectivity index (χ1) is 11.7. The van der Waals surface area contributed by atoms with Gasteiger partial charge in [0.25, 0.3) is 0 Å². The summed E-state index contributed by atoms with van der Waals surface area (Å²) in [6, 6.07) is 12.1. The lowest BCUT2D eigenvalue weighted by molar-refractivity contribution is 0.131. The first-order valence-corrected chi connectivity index (χ1v) is 9.89. The summed E-state index contributed by atoms with van der Waals surface area (Å²) < 4.78 is 13.3. The van der Waals surface area contributed by atoms with Gasteiger partial charge in [-0.1, -0.05) is 18.2 Å². The Hall–Kier alpha value is -1.23. The first kappa shape index (κ1) is 15.1. The minimum absolute atomic E-state index is 0.129. The Labute approximate surface area is 146 Å². The summed E-state index contributed by atoms with van der Waals surface area (Å²) in [5.74, 6) is 0.630. The number of halogens is 1. The molecule has 3 aliphatic rings. The van der Waals surface area contributed by atoms with E-state index in [0.29, 0.717) is 11.6 Å². The molecule has 0 aliphatic carbocycles. The highest BCUT2D eigenvalue weighted by atomic mass is 32.1. The summed E-state index contributed by atoms with van der Waals surface area (Å²) in [6.07, 6.45) is 3.86. The van der Waals surface area contributed by atoms with Gasteiger partial charge in [0, 0.05) is 36.1 Å². The Balaban J connectivity index is 1.38. The average Bonchev–Trinajstić information content (AvgIpc) is 3.31. The van der Waals surface area contributed by atoms with Crippen LogP contribution in [0.1, 0.15) is 35.7 Å². The molecule has 3 fully saturated rings. The van der Waals surface area contributed by atoms with Crippen molar-refractivity contribution in [3.8, 4) is 0 Å². The normalized spacial score (nSPS) is 33.0. The molecule has 3 atom stereocenters. The molecule has 1 aromatic heterocycles. The molecule has 3 aliphatic heterocycles. The van der Waals surface area contributed by atoms with Gasteiger partial charge in [0.1, 0.15) is 5.82 Å². The molecule has 24 heavy (non-hydrogen) atoms. The zero-order valence-electron chi connectivity index (χ0n) is 13.8. The van der Waals surface area contributed by atoms with Gasteiger partial charge in [-0.2, -0.15) is 0 Å². The SMILES string of the molecule is Fc1ccc(C2CC3CN(Cc4cccs4)CC34CCCN24)cc1. The lowest BCUT2D eigenvalue weighted by Gasteiger charge is -2.35.